The van der Waals surface area contributed by atoms with Gasteiger partial charge in [-0.2, -0.15) is 0 Å². The molecule has 1 unspecified atom stereocenters. The lowest BCUT2D eigenvalue weighted by atomic mass is 9.89. The minimum Gasteiger partial charge on any atom is -0.384 e. The number of nitrogens with two attached hydrogens (primary N) is 2. The third-order valence-corrected chi connectivity index (χ3v) is 3.36. The van der Waals surface area contributed by atoms with E-state index < -0.39 is 0 Å². The molecule has 0 saturated heterocycles. The molecule has 16 heavy (non-hydrogen) atoms. The van der Waals surface area contributed by atoms with Gasteiger partial charge in [0.1, 0.15) is 5.82 Å². The smallest absolute Gasteiger partial charge is 0.123 e. The number of rotatable bonds is 4. The van der Waals surface area contributed by atoms with Crippen LogP contribution in [-0.2, 0) is 6.42 Å². The Morgan fingerprint density at radius 3 is 2.56 bits per heavy atom. The molecule has 4 nitrogen and oxygen atoms in total. The zero-order valence-corrected chi connectivity index (χ0v) is 10.6. The topological polar surface area (TPSA) is 68.2 Å². The van der Waals surface area contributed by atoms with E-state index in [1.54, 1.807) is 6.20 Å². The lowest BCUT2D eigenvalue weighted by Gasteiger charge is -2.38. The Kier molecular flexibility index (Phi) is 3.88. The van der Waals surface area contributed by atoms with Crippen molar-refractivity contribution in [3.63, 3.8) is 0 Å². The number of hydrogen-bond donors (Lipinski definition) is 2. The average Bonchev–Trinajstić information content (AvgIpc) is 2.17. The van der Waals surface area contributed by atoms with Crippen molar-refractivity contribution in [1.82, 2.24) is 9.88 Å². The highest BCUT2D eigenvalue weighted by molar-refractivity contribution is 5.32. The van der Waals surface area contributed by atoms with Gasteiger partial charge in [0.25, 0.3) is 0 Å². The Morgan fingerprint density at radius 2 is 2.06 bits per heavy atom. The van der Waals surface area contributed by atoms with Gasteiger partial charge >= 0.3 is 0 Å². The van der Waals surface area contributed by atoms with Crippen LogP contribution in [0, 0.1) is 0 Å². The Hall–Kier alpha value is -1.13. The van der Waals surface area contributed by atoms with Crippen molar-refractivity contribution < 1.29 is 0 Å². The van der Waals surface area contributed by atoms with Gasteiger partial charge in [0, 0.05) is 17.8 Å². The molecule has 0 aliphatic rings. The van der Waals surface area contributed by atoms with Crippen molar-refractivity contribution in [2.24, 2.45) is 5.73 Å². The first-order chi connectivity index (χ1) is 7.34. The third-order valence-electron chi connectivity index (χ3n) is 3.36. The van der Waals surface area contributed by atoms with Crippen LogP contribution in [0.15, 0.2) is 18.3 Å². The van der Waals surface area contributed by atoms with E-state index in [0.717, 1.165) is 12.0 Å². The van der Waals surface area contributed by atoms with Crippen LogP contribution in [0.25, 0.3) is 0 Å². The molecule has 4 N–H and O–H groups in total. The van der Waals surface area contributed by atoms with Gasteiger partial charge in [0.2, 0.25) is 0 Å². The molecule has 0 aromatic carbocycles. The van der Waals surface area contributed by atoms with Crippen LogP contribution in [-0.4, -0.2) is 35.6 Å². The minimum atomic E-state index is -0.0436. The summed E-state index contributed by atoms with van der Waals surface area (Å²) in [6.07, 6.45) is 2.53. The molecular formula is C12H22N4. The second-order valence-electron chi connectivity index (χ2n) is 4.95. The number of pyridine rings is 1. The summed E-state index contributed by atoms with van der Waals surface area (Å²) in [5, 5.41) is 0. The molecule has 0 fully saturated rings. The Labute approximate surface area is 97.6 Å². The number of nitrogens with zero attached hydrogens (tertiary/aromatic N) is 2. The van der Waals surface area contributed by atoms with E-state index in [2.05, 4.69) is 23.7 Å². The summed E-state index contributed by atoms with van der Waals surface area (Å²) >= 11 is 0. The van der Waals surface area contributed by atoms with E-state index in [9.17, 15) is 0 Å². The highest BCUT2D eigenvalue weighted by atomic mass is 15.2. The van der Waals surface area contributed by atoms with Crippen molar-refractivity contribution in [2.75, 3.05) is 19.8 Å². The predicted molar refractivity (Wildman–Crippen MR) is 68.1 cm³/mol. The number of hydrogen-bond acceptors (Lipinski definition) is 4. The van der Waals surface area contributed by atoms with Crippen LogP contribution in [0.1, 0.15) is 19.4 Å². The van der Waals surface area contributed by atoms with Crippen LogP contribution in [0.5, 0.6) is 0 Å². The first-order valence-corrected chi connectivity index (χ1v) is 5.47. The Morgan fingerprint density at radius 1 is 1.44 bits per heavy atom. The normalized spacial score (nSPS) is 14.1. The number of nitrogen functional groups attached to an aromatic ring is 1. The molecule has 0 aliphatic carbocycles. The summed E-state index contributed by atoms with van der Waals surface area (Å²) in [5.41, 5.74) is 13.0. The molecule has 0 amide bonds. The predicted octanol–water partition coefficient (Wildman–Crippen LogP) is 0.874. The molecule has 0 bridgehead atoms. The Bertz CT molecular complexity index is 347. The van der Waals surface area contributed by atoms with Crippen LogP contribution in [0.4, 0.5) is 5.82 Å². The van der Waals surface area contributed by atoms with Gasteiger partial charge in [-0.1, -0.05) is 0 Å². The van der Waals surface area contributed by atoms with Gasteiger partial charge in [-0.15, -0.1) is 0 Å². The van der Waals surface area contributed by atoms with Crippen LogP contribution < -0.4 is 11.5 Å². The quantitative estimate of drug-likeness (QED) is 0.793. The SMILES string of the molecule is CN(C)C(C)(C)C(N)Cc1ccnc(N)c1. The van der Waals surface area contributed by atoms with E-state index >= 15 is 0 Å². The van der Waals surface area contributed by atoms with Gasteiger partial charge in [-0.05, 0) is 52.1 Å². The zero-order valence-electron chi connectivity index (χ0n) is 10.6. The van der Waals surface area contributed by atoms with Crippen molar-refractivity contribution in [3.05, 3.63) is 23.9 Å². The minimum absolute atomic E-state index is 0.0436. The molecule has 1 rings (SSSR count). The van der Waals surface area contributed by atoms with E-state index in [4.69, 9.17) is 11.5 Å². The number of aromatic nitrogens is 1. The lowest BCUT2D eigenvalue weighted by Crippen LogP contribution is -2.54. The maximum Gasteiger partial charge on any atom is 0.123 e. The van der Waals surface area contributed by atoms with Gasteiger partial charge in [0.05, 0.1) is 0 Å². The maximum absolute atomic E-state index is 6.23. The highest BCUT2D eigenvalue weighted by Crippen LogP contribution is 2.18. The molecular weight excluding hydrogens is 200 g/mol. The maximum atomic E-state index is 6.23. The molecule has 0 spiro atoms. The van der Waals surface area contributed by atoms with Gasteiger partial charge in [-0.25, -0.2) is 4.98 Å². The van der Waals surface area contributed by atoms with Crippen molar-refractivity contribution >= 4 is 5.82 Å². The van der Waals surface area contributed by atoms with Gasteiger partial charge < -0.3 is 16.4 Å². The van der Waals surface area contributed by atoms with Crippen molar-refractivity contribution in [2.45, 2.75) is 31.8 Å². The van der Waals surface area contributed by atoms with Crippen molar-refractivity contribution in [3.8, 4) is 0 Å². The number of likely N-dealkylation sites (N-methyl/N-ethyl adjacent to an activating group) is 1. The molecule has 0 saturated carbocycles. The summed E-state index contributed by atoms with van der Waals surface area (Å²) in [4.78, 5) is 6.11. The summed E-state index contributed by atoms with van der Waals surface area (Å²) in [6.45, 7) is 4.28. The Balaban J connectivity index is 2.75. The molecule has 1 atom stereocenters. The summed E-state index contributed by atoms with van der Waals surface area (Å²) in [6, 6.07) is 3.90. The first-order valence-electron chi connectivity index (χ1n) is 5.47. The van der Waals surface area contributed by atoms with E-state index in [-0.39, 0.29) is 11.6 Å². The number of anilines is 1. The molecule has 4 heteroatoms. The van der Waals surface area contributed by atoms with Gasteiger partial charge in [0.15, 0.2) is 0 Å². The molecule has 1 aromatic heterocycles. The molecule has 1 heterocycles. The highest BCUT2D eigenvalue weighted by Gasteiger charge is 2.28. The van der Waals surface area contributed by atoms with E-state index in [1.807, 2.05) is 26.2 Å². The fraction of sp³-hybridized carbons (Fsp3) is 0.583. The fourth-order valence-electron chi connectivity index (χ4n) is 1.46. The molecule has 90 valence electrons. The molecule has 1 aromatic rings. The first kappa shape index (κ1) is 12.9. The zero-order chi connectivity index (χ0) is 12.3. The summed E-state index contributed by atoms with van der Waals surface area (Å²) < 4.78 is 0. The lowest BCUT2D eigenvalue weighted by molar-refractivity contribution is 0.158. The molecule has 0 radical (unpaired) electrons. The van der Waals surface area contributed by atoms with Crippen LogP contribution in [0.3, 0.4) is 0 Å². The van der Waals surface area contributed by atoms with E-state index in [0.29, 0.717) is 5.82 Å². The van der Waals surface area contributed by atoms with Crippen LogP contribution in [0.2, 0.25) is 0 Å². The standard InChI is InChI=1S/C12H22N4/c1-12(2,16(3)4)10(13)7-9-5-6-15-11(14)8-9/h5-6,8,10H,7,13H2,1-4H3,(H2,14,15). The fourth-order valence-corrected chi connectivity index (χ4v) is 1.46. The largest absolute Gasteiger partial charge is 0.384 e. The monoisotopic (exact) mass is 222 g/mol. The summed E-state index contributed by atoms with van der Waals surface area (Å²) in [7, 11) is 4.08. The second-order valence-corrected chi connectivity index (χ2v) is 4.95. The van der Waals surface area contributed by atoms with Crippen LogP contribution >= 0.6 is 0 Å². The summed E-state index contributed by atoms with van der Waals surface area (Å²) in [5.74, 6) is 0.548. The third kappa shape index (κ3) is 2.93. The average molecular weight is 222 g/mol. The molecule has 0 aliphatic heterocycles. The van der Waals surface area contributed by atoms with Gasteiger partial charge in [-0.3, -0.25) is 0 Å². The second kappa shape index (κ2) is 4.80. The van der Waals surface area contributed by atoms with Crippen molar-refractivity contribution in [1.29, 1.82) is 0 Å². The van der Waals surface area contributed by atoms with E-state index in [1.165, 1.54) is 0 Å².